The smallest absolute Gasteiger partial charge is 0.169 e. The van der Waals surface area contributed by atoms with Gasteiger partial charge in [-0.05, 0) is 12.5 Å². The highest BCUT2D eigenvalue weighted by Gasteiger charge is 2.18. The molecule has 0 radical (unpaired) electrons. The molecule has 0 aromatic heterocycles. The topological polar surface area (TPSA) is 21.3 Å². The Morgan fingerprint density at radius 3 is 2.61 bits per heavy atom. The fourth-order valence-corrected chi connectivity index (χ4v) is 2.09. The van der Waals surface area contributed by atoms with Crippen molar-refractivity contribution in [3.8, 4) is 5.75 Å². The summed E-state index contributed by atoms with van der Waals surface area (Å²) in [6, 6.07) is 5.73. The molecule has 0 spiro atoms. The van der Waals surface area contributed by atoms with Crippen LogP contribution in [0.2, 0.25) is 0 Å². The van der Waals surface area contributed by atoms with Crippen LogP contribution >= 0.6 is 0 Å². The first-order valence-corrected chi connectivity index (χ1v) is 6.68. The minimum absolute atomic E-state index is 0.0556. The van der Waals surface area contributed by atoms with Crippen molar-refractivity contribution in [3.63, 3.8) is 0 Å². The number of rotatable bonds is 7. The fourth-order valence-electron chi connectivity index (χ4n) is 2.09. The van der Waals surface area contributed by atoms with E-state index in [1.54, 1.807) is 6.07 Å². The number of unbranched alkanes of at least 4 members (excludes halogenated alkanes) is 1. The molecule has 0 bridgehead atoms. The number of hydrogen-bond donors (Lipinski definition) is 1. The van der Waals surface area contributed by atoms with Gasteiger partial charge in [-0.2, -0.15) is 0 Å². The molecule has 0 aliphatic carbocycles. The number of nitrogens with one attached hydrogen (secondary N) is 1. The second-order valence-electron chi connectivity index (χ2n) is 4.88. The number of ether oxygens (including phenoxy) is 1. The molecule has 0 fully saturated rings. The quantitative estimate of drug-likeness (QED) is 0.791. The molecule has 0 aliphatic heterocycles. The standard InChI is InChI=1S/C15H24FNO/c1-5-6-9-13(17-11(2)3)12-8-7-10-14(18-4)15(12)16/h7-8,10-11,13,17H,5-6,9H2,1-4H3. The van der Waals surface area contributed by atoms with Gasteiger partial charge in [-0.1, -0.05) is 45.7 Å². The van der Waals surface area contributed by atoms with E-state index in [4.69, 9.17) is 4.74 Å². The number of hydrogen-bond acceptors (Lipinski definition) is 2. The number of benzene rings is 1. The largest absolute Gasteiger partial charge is 0.494 e. The fraction of sp³-hybridized carbons (Fsp3) is 0.600. The average Bonchev–Trinajstić information content (AvgIpc) is 2.34. The maximum atomic E-state index is 14.2. The molecule has 1 N–H and O–H groups in total. The van der Waals surface area contributed by atoms with E-state index in [1.807, 2.05) is 12.1 Å². The lowest BCUT2D eigenvalue weighted by molar-refractivity contribution is 0.372. The molecule has 1 rings (SSSR count). The lowest BCUT2D eigenvalue weighted by Crippen LogP contribution is -2.28. The van der Waals surface area contributed by atoms with Crippen molar-refractivity contribution in [2.24, 2.45) is 0 Å². The molecule has 0 aliphatic rings. The third-order valence-electron chi connectivity index (χ3n) is 2.97. The van der Waals surface area contributed by atoms with Crippen molar-refractivity contribution in [2.75, 3.05) is 7.11 Å². The van der Waals surface area contributed by atoms with Gasteiger partial charge in [0.15, 0.2) is 11.6 Å². The number of halogens is 1. The minimum Gasteiger partial charge on any atom is -0.494 e. The highest BCUT2D eigenvalue weighted by atomic mass is 19.1. The summed E-state index contributed by atoms with van der Waals surface area (Å²) in [5.41, 5.74) is 0.705. The molecular weight excluding hydrogens is 229 g/mol. The van der Waals surface area contributed by atoms with Crippen LogP contribution in [0.15, 0.2) is 18.2 Å². The zero-order chi connectivity index (χ0) is 13.5. The molecule has 1 aromatic rings. The Hall–Kier alpha value is -1.09. The van der Waals surface area contributed by atoms with Gasteiger partial charge in [0.05, 0.1) is 7.11 Å². The molecule has 0 amide bonds. The Morgan fingerprint density at radius 1 is 1.33 bits per heavy atom. The summed E-state index contributed by atoms with van der Waals surface area (Å²) in [5, 5.41) is 3.43. The van der Waals surface area contributed by atoms with Gasteiger partial charge in [0, 0.05) is 17.6 Å². The Kier molecular flexibility index (Phi) is 6.13. The van der Waals surface area contributed by atoms with Crippen LogP contribution in [0.4, 0.5) is 4.39 Å². The number of methoxy groups -OCH3 is 1. The van der Waals surface area contributed by atoms with Gasteiger partial charge in [-0.25, -0.2) is 4.39 Å². The van der Waals surface area contributed by atoms with Gasteiger partial charge in [0.25, 0.3) is 0 Å². The summed E-state index contributed by atoms with van der Waals surface area (Å²) >= 11 is 0. The first kappa shape index (κ1) is 15.0. The molecule has 0 saturated carbocycles. The van der Waals surface area contributed by atoms with Crippen molar-refractivity contribution in [1.29, 1.82) is 0 Å². The van der Waals surface area contributed by atoms with Crippen LogP contribution < -0.4 is 10.1 Å². The molecular formula is C15H24FNO. The summed E-state index contributed by atoms with van der Waals surface area (Å²) in [5.74, 6) is 0.0776. The SMILES string of the molecule is CCCCC(NC(C)C)c1cccc(OC)c1F. The first-order chi connectivity index (χ1) is 8.60. The van der Waals surface area contributed by atoms with E-state index in [9.17, 15) is 4.39 Å². The summed E-state index contributed by atoms with van der Waals surface area (Å²) < 4.78 is 19.3. The molecule has 0 heterocycles. The third kappa shape index (κ3) is 3.98. The molecule has 102 valence electrons. The third-order valence-corrected chi connectivity index (χ3v) is 2.97. The highest BCUT2D eigenvalue weighted by Crippen LogP contribution is 2.28. The van der Waals surface area contributed by atoms with E-state index >= 15 is 0 Å². The van der Waals surface area contributed by atoms with Crippen LogP contribution in [0.25, 0.3) is 0 Å². The second-order valence-corrected chi connectivity index (χ2v) is 4.88. The summed E-state index contributed by atoms with van der Waals surface area (Å²) in [6.45, 7) is 6.31. The maximum Gasteiger partial charge on any atom is 0.169 e. The predicted molar refractivity (Wildman–Crippen MR) is 73.5 cm³/mol. The van der Waals surface area contributed by atoms with Crippen molar-refractivity contribution in [1.82, 2.24) is 5.32 Å². The molecule has 1 atom stereocenters. The lowest BCUT2D eigenvalue weighted by atomic mass is 9.99. The van der Waals surface area contributed by atoms with E-state index in [0.717, 1.165) is 19.3 Å². The Balaban J connectivity index is 2.96. The van der Waals surface area contributed by atoms with Gasteiger partial charge < -0.3 is 10.1 Å². The first-order valence-electron chi connectivity index (χ1n) is 6.68. The van der Waals surface area contributed by atoms with Crippen LogP contribution in [-0.4, -0.2) is 13.2 Å². The average molecular weight is 253 g/mol. The van der Waals surface area contributed by atoms with Crippen LogP contribution in [0.3, 0.4) is 0 Å². The minimum atomic E-state index is -0.241. The molecule has 0 saturated heterocycles. The zero-order valence-electron chi connectivity index (χ0n) is 11.8. The van der Waals surface area contributed by atoms with Crippen molar-refractivity contribution >= 4 is 0 Å². The zero-order valence-corrected chi connectivity index (χ0v) is 11.8. The van der Waals surface area contributed by atoms with Gasteiger partial charge in [0.1, 0.15) is 0 Å². The van der Waals surface area contributed by atoms with Crippen molar-refractivity contribution in [2.45, 2.75) is 52.1 Å². The van der Waals surface area contributed by atoms with Crippen LogP contribution in [0, 0.1) is 5.82 Å². The molecule has 3 heteroatoms. The summed E-state index contributed by atoms with van der Waals surface area (Å²) in [4.78, 5) is 0. The summed E-state index contributed by atoms with van der Waals surface area (Å²) in [7, 11) is 1.50. The van der Waals surface area contributed by atoms with Gasteiger partial charge in [-0.15, -0.1) is 0 Å². The Labute approximate surface area is 110 Å². The molecule has 2 nitrogen and oxygen atoms in total. The second kappa shape index (κ2) is 7.37. The van der Waals surface area contributed by atoms with E-state index in [1.165, 1.54) is 7.11 Å². The van der Waals surface area contributed by atoms with E-state index < -0.39 is 0 Å². The molecule has 1 aromatic carbocycles. The van der Waals surface area contributed by atoms with Crippen LogP contribution in [-0.2, 0) is 0 Å². The monoisotopic (exact) mass is 253 g/mol. The Bertz CT molecular complexity index is 366. The van der Waals surface area contributed by atoms with E-state index in [2.05, 4.69) is 26.1 Å². The summed E-state index contributed by atoms with van der Waals surface area (Å²) in [6.07, 6.45) is 3.14. The van der Waals surface area contributed by atoms with Gasteiger partial charge in [0.2, 0.25) is 0 Å². The van der Waals surface area contributed by atoms with Crippen LogP contribution in [0.5, 0.6) is 5.75 Å². The van der Waals surface area contributed by atoms with Gasteiger partial charge >= 0.3 is 0 Å². The molecule has 18 heavy (non-hydrogen) atoms. The normalized spacial score (nSPS) is 12.8. The highest BCUT2D eigenvalue weighted by molar-refractivity contribution is 5.33. The lowest BCUT2D eigenvalue weighted by Gasteiger charge is -2.22. The Morgan fingerprint density at radius 2 is 2.06 bits per heavy atom. The van der Waals surface area contributed by atoms with Crippen molar-refractivity contribution < 1.29 is 9.13 Å². The predicted octanol–water partition coefficient (Wildman–Crippen LogP) is 4.06. The van der Waals surface area contributed by atoms with E-state index in [-0.39, 0.29) is 11.9 Å². The molecule has 1 unspecified atom stereocenters. The maximum absolute atomic E-state index is 14.2. The van der Waals surface area contributed by atoms with Crippen molar-refractivity contribution in [3.05, 3.63) is 29.6 Å². The van der Waals surface area contributed by atoms with E-state index in [0.29, 0.717) is 17.4 Å². The van der Waals surface area contributed by atoms with Crippen LogP contribution in [0.1, 0.15) is 51.6 Å². The van der Waals surface area contributed by atoms with Gasteiger partial charge in [-0.3, -0.25) is 0 Å².